The van der Waals surface area contributed by atoms with Gasteiger partial charge in [-0.25, -0.2) is 0 Å². The lowest BCUT2D eigenvalue weighted by molar-refractivity contribution is -0.121. The molecule has 21 heavy (non-hydrogen) atoms. The number of aryl methyl sites for hydroxylation is 1. The Kier molecular flexibility index (Phi) is 3.72. The van der Waals surface area contributed by atoms with Crippen molar-refractivity contribution in [3.05, 3.63) is 35.0 Å². The zero-order valence-electron chi connectivity index (χ0n) is 12.8. The van der Waals surface area contributed by atoms with E-state index in [1.807, 2.05) is 6.92 Å². The largest absolute Gasteiger partial charge is 0.369 e. The van der Waals surface area contributed by atoms with E-state index in [9.17, 15) is 4.79 Å². The van der Waals surface area contributed by atoms with Gasteiger partial charge in [0.1, 0.15) is 0 Å². The molecule has 1 atom stereocenters. The third kappa shape index (κ3) is 2.56. The molecule has 1 aliphatic heterocycles. The predicted molar refractivity (Wildman–Crippen MR) is 84.8 cm³/mol. The second-order valence-corrected chi connectivity index (χ2v) is 6.10. The fraction of sp³-hybridized carbons (Fsp3) is 0.471. The molecule has 0 bridgehead atoms. The molecule has 3 rings (SSSR count). The van der Waals surface area contributed by atoms with E-state index in [1.54, 1.807) is 0 Å². The fourth-order valence-electron chi connectivity index (χ4n) is 3.18. The van der Waals surface area contributed by atoms with Crippen molar-refractivity contribution in [3.8, 4) is 0 Å². The van der Waals surface area contributed by atoms with Crippen molar-refractivity contribution in [1.82, 2.24) is 9.88 Å². The van der Waals surface area contributed by atoms with E-state index in [2.05, 4.69) is 35.1 Å². The minimum absolute atomic E-state index is 0.128. The van der Waals surface area contributed by atoms with E-state index < -0.39 is 0 Å². The predicted octanol–water partition coefficient (Wildman–Crippen LogP) is 2.32. The number of amides is 1. The number of rotatable bonds is 5. The molecule has 0 aliphatic carbocycles. The van der Waals surface area contributed by atoms with Gasteiger partial charge in [-0.15, -0.1) is 0 Å². The average molecular weight is 285 g/mol. The molecule has 0 spiro atoms. The summed E-state index contributed by atoms with van der Waals surface area (Å²) >= 11 is 0. The Hall–Kier alpha value is -1.81. The van der Waals surface area contributed by atoms with Crippen molar-refractivity contribution >= 4 is 16.8 Å². The number of primary amides is 1. The van der Waals surface area contributed by atoms with E-state index in [0.29, 0.717) is 0 Å². The molecular weight excluding hydrogens is 262 g/mol. The van der Waals surface area contributed by atoms with Crippen molar-refractivity contribution in [3.63, 3.8) is 0 Å². The van der Waals surface area contributed by atoms with Crippen LogP contribution in [0.4, 0.5) is 0 Å². The van der Waals surface area contributed by atoms with Crippen LogP contribution in [0.3, 0.4) is 0 Å². The second kappa shape index (κ2) is 5.53. The Bertz CT molecular complexity index is 687. The van der Waals surface area contributed by atoms with Crippen LogP contribution in [-0.4, -0.2) is 10.5 Å². The summed E-state index contributed by atoms with van der Waals surface area (Å²) in [6.45, 7) is 6.99. The molecular formula is C17H23N3O. The fourth-order valence-corrected chi connectivity index (χ4v) is 3.18. The van der Waals surface area contributed by atoms with Crippen LogP contribution < -0.4 is 11.1 Å². The van der Waals surface area contributed by atoms with Crippen molar-refractivity contribution in [2.45, 2.75) is 46.3 Å². The number of benzene rings is 1. The lowest BCUT2D eigenvalue weighted by atomic mass is 9.98. The van der Waals surface area contributed by atoms with Crippen LogP contribution >= 0.6 is 0 Å². The highest BCUT2D eigenvalue weighted by Crippen LogP contribution is 2.29. The number of carbonyl (C=O) groups excluding carboxylic acids is 1. The molecule has 0 fully saturated rings. The third-order valence-electron chi connectivity index (χ3n) is 4.39. The summed E-state index contributed by atoms with van der Waals surface area (Å²) < 4.78 is 2.32. The standard InChI is InChI=1S/C17H23N3O/c1-3-4-20-10-14(5-11(2)17(18)21)15-6-12-8-19-9-13(12)7-16(15)20/h6-7,10-11,19H,3-5,8-9H2,1-2H3,(H2,18,21). The average Bonchev–Trinajstić information content (AvgIpc) is 3.02. The SMILES string of the molecule is CCCn1cc(CC(C)C(N)=O)c2cc3c(cc21)CNC3. The minimum Gasteiger partial charge on any atom is -0.369 e. The molecule has 1 amide bonds. The van der Waals surface area contributed by atoms with Crippen LogP contribution in [0.2, 0.25) is 0 Å². The summed E-state index contributed by atoms with van der Waals surface area (Å²) in [6.07, 6.45) is 4.02. The first-order chi connectivity index (χ1) is 10.1. The van der Waals surface area contributed by atoms with Crippen molar-refractivity contribution < 1.29 is 4.79 Å². The summed E-state index contributed by atoms with van der Waals surface area (Å²) in [6, 6.07) is 4.60. The molecule has 0 saturated carbocycles. The van der Waals surface area contributed by atoms with E-state index >= 15 is 0 Å². The van der Waals surface area contributed by atoms with E-state index in [1.165, 1.54) is 27.6 Å². The molecule has 112 valence electrons. The van der Waals surface area contributed by atoms with Gasteiger partial charge in [0.25, 0.3) is 0 Å². The maximum atomic E-state index is 11.4. The van der Waals surface area contributed by atoms with Crippen LogP contribution in [0.15, 0.2) is 18.3 Å². The Morgan fingerprint density at radius 3 is 2.76 bits per heavy atom. The van der Waals surface area contributed by atoms with Crippen LogP contribution in [0.5, 0.6) is 0 Å². The molecule has 2 heterocycles. The van der Waals surface area contributed by atoms with Gasteiger partial charge in [-0.3, -0.25) is 4.79 Å². The number of hydrogen-bond donors (Lipinski definition) is 2. The first kappa shape index (κ1) is 14.1. The highest BCUT2D eigenvalue weighted by molar-refractivity contribution is 5.87. The molecule has 1 aromatic carbocycles. The lowest BCUT2D eigenvalue weighted by Gasteiger charge is -2.06. The number of hydrogen-bond acceptors (Lipinski definition) is 2. The summed E-state index contributed by atoms with van der Waals surface area (Å²) in [7, 11) is 0. The van der Waals surface area contributed by atoms with Crippen molar-refractivity contribution in [2.24, 2.45) is 11.7 Å². The maximum Gasteiger partial charge on any atom is 0.220 e. The monoisotopic (exact) mass is 285 g/mol. The molecule has 1 unspecified atom stereocenters. The van der Waals surface area contributed by atoms with Crippen LogP contribution in [0, 0.1) is 5.92 Å². The number of nitrogens with one attached hydrogen (secondary N) is 1. The zero-order chi connectivity index (χ0) is 15.0. The number of fused-ring (bicyclic) bond motifs is 2. The smallest absolute Gasteiger partial charge is 0.220 e. The van der Waals surface area contributed by atoms with Gasteiger partial charge in [0, 0.05) is 42.7 Å². The van der Waals surface area contributed by atoms with Crippen LogP contribution in [-0.2, 0) is 30.8 Å². The zero-order valence-corrected chi connectivity index (χ0v) is 12.8. The number of aromatic nitrogens is 1. The highest BCUT2D eigenvalue weighted by atomic mass is 16.1. The summed E-state index contributed by atoms with van der Waals surface area (Å²) in [5.41, 5.74) is 10.7. The van der Waals surface area contributed by atoms with Crippen LogP contribution in [0.25, 0.3) is 10.9 Å². The highest BCUT2D eigenvalue weighted by Gasteiger charge is 2.18. The van der Waals surface area contributed by atoms with E-state index in [4.69, 9.17) is 5.73 Å². The number of nitrogens with zero attached hydrogens (tertiary/aromatic N) is 1. The Labute approximate surface area is 125 Å². The molecule has 1 aliphatic rings. The lowest BCUT2D eigenvalue weighted by Crippen LogP contribution is -2.22. The molecule has 0 radical (unpaired) electrons. The number of nitrogens with two attached hydrogens (primary N) is 1. The second-order valence-electron chi connectivity index (χ2n) is 6.10. The quantitative estimate of drug-likeness (QED) is 0.885. The molecule has 1 aromatic heterocycles. The topological polar surface area (TPSA) is 60.0 Å². The summed E-state index contributed by atoms with van der Waals surface area (Å²) in [4.78, 5) is 11.4. The van der Waals surface area contributed by atoms with Crippen LogP contribution in [0.1, 0.15) is 37.0 Å². The molecule has 4 heteroatoms. The maximum absolute atomic E-state index is 11.4. The van der Waals surface area contributed by atoms with E-state index in [-0.39, 0.29) is 11.8 Å². The third-order valence-corrected chi connectivity index (χ3v) is 4.39. The van der Waals surface area contributed by atoms with Crippen molar-refractivity contribution in [2.75, 3.05) is 0 Å². The van der Waals surface area contributed by atoms with Gasteiger partial charge in [-0.1, -0.05) is 13.8 Å². The van der Waals surface area contributed by atoms with Gasteiger partial charge < -0.3 is 15.6 Å². The Balaban J connectivity index is 2.08. The van der Waals surface area contributed by atoms with Gasteiger partial charge in [0.05, 0.1) is 0 Å². The minimum atomic E-state index is -0.228. The Morgan fingerprint density at radius 1 is 1.38 bits per heavy atom. The van der Waals surface area contributed by atoms with Gasteiger partial charge in [-0.05, 0) is 41.7 Å². The van der Waals surface area contributed by atoms with E-state index in [0.717, 1.165) is 32.5 Å². The Morgan fingerprint density at radius 2 is 2.10 bits per heavy atom. The van der Waals surface area contributed by atoms with Gasteiger partial charge in [-0.2, -0.15) is 0 Å². The number of carbonyl (C=O) groups is 1. The first-order valence-electron chi connectivity index (χ1n) is 7.73. The van der Waals surface area contributed by atoms with Gasteiger partial charge in [0.15, 0.2) is 0 Å². The molecule has 2 aromatic rings. The van der Waals surface area contributed by atoms with Crippen molar-refractivity contribution in [1.29, 1.82) is 0 Å². The first-order valence-corrected chi connectivity index (χ1v) is 7.73. The molecule has 0 saturated heterocycles. The molecule has 4 nitrogen and oxygen atoms in total. The molecule has 3 N–H and O–H groups in total. The summed E-state index contributed by atoms with van der Waals surface area (Å²) in [5, 5.41) is 4.68. The summed E-state index contributed by atoms with van der Waals surface area (Å²) in [5.74, 6) is -0.355. The van der Waals surface area contributed by atoms with Gasteiger partial charge >= 0.3 is 0 Å². The van der Waals surface area contributed by atoms with Gasteiger partial charge in [0.2, 0.25) is 5.91 Å². The normalized spacial score (nSPS) is 15.3.